The number of hydrogen-bond donors (Lipinski definition) is 1. The molecule has 16 heavy (non-hydrogen) atoms. The van der Waals surface area contributed by atoms with Crippen LogP contribution in [0.25, 0.3) is 0 Å². The molecule has 0 saturated heterocycles. The molecule has 0 aliphatic heterocycles. The summed E-state index contributed by atoms with van der Waals surface area (Å²) in [6.45, 7) is 4.30. The van der Waals surface area contributed by atoms with Crippen LogP contribution in [0.4, 0.5) is 0 Å². The minimum atomic E-state index is -3.22. The van der Waals surface area contributed by atoms with Crippen molar-refractivity contribution in [3.05, 3.63) is 11.0 Å². The van der Waals surface area contributed by atoms with Gasteiger partial charge in [0.1, 0.15) is 5.44 Å². The summed E-state index contributed by atoms with van der Waals surface area (Å²) in [4.78, 5) is 0. The highest BCUT2D eigenvalue weighted by molar-refractivity contribution is 7.58. The van der Waals surface area contributed by atoms with Gasteiger partial charge in [-0.2, -0.15) is 0 Å². The van der Waals surface area contributed by atoms with Gasteiger partial charge in [-0.25, -0.2) is 0 Å². The van der Waals surface area contributed by atoms with Crippen LogP contribution < -0.4 is 5.73 Å². The van der Waals surface area contributed by atoms with Crippen LogP contribution in [0.15, 0.2) is 11.0 Å². The third-order valence-corrected chi connectivity index (χ3v) is 4.82. The standard InChI is InChI=1S/C11H22NO3P/c1-3-14-16(13,15-4-2)11(12)10-8-6-5-7-9-10/h3-9,12H2,1-2H3. The molecule has 0 aromatic rings. The highest BCUT2D eigenvalue weighted by Crippen LogP contribution is 2.55. The second-order valence-electron chi connectivity index (χ2n) is 3.88. The van der Waals surface area contributed by atoms with Crippen LogP contribution in [0.5, 0.6) is 0 Å². The molecule has 1 aliphatic rings. The van der Waals surface area contributed by atoms with Crippen molar-refractivity contribution in [3.63, 3.8) is 0 Å². The largest absolute Gasteiger partial charge is 0.392 e. The first-order valence-electron chi connectivity index (χ1n) is 6.01. The Hall–Kier alpha value is -0.310. The summed E-state index contributed by atoms with van der Waals surface area (Å²) in [7, 11) is -3.22. The Morgan fingerprint density at radius 1 is 1.19 bits per heavy atom. The van der Waals surface area contributed by atoms with Crippen LogP contribution >= 0.6 is 7.60 Å². The molecular formula is C11H22NO3P. The highest BCUT2D eigenvalue weighted by Gasteiger charge is 2.30. The van der Waals surface area contributed by atoms with Crippen LogP contribution in [-0.2, 0) is 13.6 Å². The average molecular weight is 247 g/mol. The van der Waals surface area contributed by atoms with E-state index in [0.29, 0.717) is 18.7 Å². The fourth-order valence-electron chi connectivity index (χ4n) is 1.94. The smallest absolute Gasteiger partial charge is 0.376 e. The van der Waals surface area contributed by atoms with E-state index in [0.717, 1.165) is 31.3 Å². The fourth-order valence-corrected chi connectivity index (χ4v) is 3.59. The van der Waals surface area contributed by atoms with Gasteiger partial charge in [0.15, 0.2) is 0 Å². The van der Waals surface area contributed by atoms with E-state index in [1.807, 2.05) is 0 Å². The van der Waals surface area contributed by atoms with Crippen molar-refractivity contribution in [1.29, 1.82) is 0 Å². The molecule has 0 atom stereocenters. The van der Waals surface area contributed by atoms with E-state index < -0.39 is 7.60 Å². The van der Waals surface area contributed by atoms with Crippen molar-refractivity contribution in [1.82, 2.24) is 0 Å². The zero-order valence-electron chi connectivity index (χ0n) is 10.2. The summed E-state index contributed by atoms with van der Waals surface area (Å²) in [6.07, 6.45) is 5.32. The second kappa shape index (κ2) is 6.43. The van der Waals surface area contributed by atoms with Gasteiger partial charge in [-0.1, -0.05) is 6.42 Å². The predicted octanol–water partition coefficient (Wildman–Crippen LogP) is 3.39. The van der Waals surface area contributed by atoms with Gasteiger partial charge in [-0.05, 0) is 45.1 Å². The van der Waals surface area contributed by atoms with Crippen molar-refractivity contribution in [3.8, 4) is 0 Å². The SMILES string of the molecule is CCOP(=O)(OCC)C(N)=C1CCCCC1. The molecule has 0 aromatic carbocycles. The van der Waals surface area contributed by atoms with E-state index in [9.17, 15) is 4.57 Å². The second-order valence-corrected chi connectivity index (χ2v) is 5.88. The number of hydrogen-bond acceptors (Lipinski definition) is 4. The zero-order valence-corrected chi connectivity index (χ0v) is 11.1. The molecule has 1 aliphatic carbocycles. The molecule has 1 rings (SSSR count). The van der Waals surface area contributed by atoms with E-state index in [1.54, 1.807) is 13.8 Å². The van der Waals surface area contributed by atoms with Crippen LogP contribution in [0.3, 0.4) is 0 Å². The van der Waals surface area contributed by atoms with Gasteiger partial charge in [0, 0.05) is 0 Å². The molecule has 0 unspecified atom stereocenters. The molecule has 4 nitrogen and oxygen atoms in total. The molecule has 0 bridgehead atoms. The minimum Gasteiger partial charge on any atom is -0.392 e. The van der Waals surface area contributed by atoms with Crippen LogP contribution in [0.2, 0.25) is 0 Å². The molecule has 5 heteroatoms. The Bertz CT molecular complexity index is 284. The Balaban J connectivity index is 2.87. The van der Waals surface area contributed by atoms with Gasteiger partial charge < -0.3 is 14.8 Å². The average Bonchev–Trinajstić information content (AvgIpc) is 2.30. The van der Waals surface area contributed by atoms with Crippen LogP contribution in [0.1, 0.15) is 46.0 Å². The van der Waals surface area contributed by atoms with Gasteiger partial charge >= 0.3 is 7.60 Å². The molecule has 2 N–H and O–H groups in total. The molecule has 1 saturated carbocycles. The van der Waals surface area contributed by atoms with Crippen LogP contribution in [-0.4, -0.2) is 13.2 Å². The Morgan fingerprint density at radius 2 is 1.69 bits per heavy atom. The number of allylic oxidation sites excluding steroid dienone is 1. The lowest BCUT2D eigenvalue weighted by Crippen LogP contribution is -2.10. The van der Waals surface area contributed by atoms with Crippen LogP contribution in [0, 0.1) is 0 Å². The Labute approximate surface area is 97.7 Å². The van der Waals surface area contributed by atoms with Crippen molar-refractivity contribution in [2.75, 3.05) is 13.2 Å². The van der Waals surface area contributed by atoms with Crippen molar-refractivity contribution < 1.29 is 13.6 Å². The van der Waals surface area contributed by atoms with E-state index >= 15 is 0 Å². The summed E-state index contributed by atoms with van der Waals surface area (Å²) >= 11 is 0. The third-order valence-electron chi connectivity index (χ3n) is 2.71. The van der Waals surface area contributed by atoms with Gasteiger partial charge in [0.25, 0.3) is 0 Å². The van der Waals surface area contributed by atoms with Gasteiger partial charge in [-0.15, -0.1) is 0 Å². The first kappa shape index (κ1) is 13.8. The normalized spacial score (nSPS) is 17.5. The van der Waals surface area contributed by atoms with Gasteiger partial charge in [-0.3, -0.25) is 4.57 Å². The van der Waals surface area contributed by atoms with E-state index in [2.05, 4.69) is 0 Å². The van der Waals surface area contributed by atoms with E-state index in [-0.39, 0.29) is 0 Å². The van der Waals surface area contributed by atoms with E-state index in [4.69, 9.17) is 14.8 Å². The maximum atomic E-state index is 12.4. The summed E-state index contributed by atoms with van der Waals surface area (Å²) < 4.78 is 22.9. The molecule has 0 radical (unpaired) electrons. The maximum absolute atomic E-state index is 12.4. The first-order chi connectivity index (χ1) is 7.64. The molecule has 0 amide bonds. The summed E-state index contributed by atoms with van der Waals surface area (Å²) in [6, 6.07) is 0. The van der Waals surface area contributed by atoms with Crippen molar-refractivity contribution in [2.24, 2.45) is 5.73 Å². The Morgan fingerprint density at radius 3 is 2.12 bits per heavy atom. The molecule has 0 aromatic heterocycles. The van der Waals surface area contributed by atoms with E-state index in [1.165, 1.54) is 6.42 Å². The topological polar surface area (TPSA) is 61.5 Å². The number of rotatable bonds is 5. The Kier molecular flexibility index (Phi) is 5.53. The summed E-state index contributed by atoms with van der Waals surface area (Å²) in [5, 5.41) is 0. The lowest BCUT2D eigenvalue weighted by Gasteiger charge is -2.22. The summed E-state index contributed by atoms with van der Waals surface area (Å²) in [5.74, 6) is 0. The molecule has 0 heterocycles. The minimum absolute atomic E-state index is 0.352. The first-order valence-corrected chi connectivity index (χ1v) is 7.55. The predicted molar refractivity (Wildman–Crippen MR) is 65.2 cm³/mol. The summed E-state index contributed by atoms with van der Waals surface area (Å²) in [5.41, 5.74) is 7.39. The maximum Gasteiger partial charge on any atom is 0.376 e. The molecule has 94 valence electrons. The lowest BCUT2D eigenvalue weighted by atomic mass is 9.96. The zero-order chi connectivity index (χ0) is 12.0. The van der Waals surface area contributed by atoms with Gasteiger partial charge in [0.2, 0.25) is 0 Å². The quantitative estimate of drug-likeness (QED) is 0.756. The van der Waals surface area contributed by atoms with Crippen molar-refractivity contribution in [2.45, 2.75) is 46.0 Å². The molecule has 0 spiro atoms. The fraction of sp³-hybridized carbons (Fsp3) is 0.818. The molecule has 1 fully saturated rings. The molecular weight excluding hydrogens is 225 g/mol. The number of nitrogens with two attached hydrogens (primary N) is 1. The highest BCUT2D eigenvalue weighted by atomic mass is 31.2. The lowest BCUT2D eigenvalue weighted by molar-refractivity contribution is 0.225. The van der Waals surface area contributed by atoms with Gasteiger partial charge in [0.05, 0.1) is 13.2 Å². The third kappa shape index (κ3) is 3.34. The monoisotopic (exact) mass is 247 g/mol. The van der Waals surface area contributed by atoms with Crippen molar-refractivity contribution >= 4 is 7.60 Å².